The van der Waals surface area contributed by atoms with Gasteiger partial charge in [-0.05, 0) is 36.7 Å². The SMILES string of the molecule is CCNCCNCc1cc(Cl)c(OC)cc1C. The molecule has 0 atom stereocenters. The van der Waals surface area contributed by atoms with Crippen molar-refractivity contribution >= 4 is 11.6 Å². The molecule has 0 aliphatic carbocycles. The molecule has 0 aliphatic rings. The molecule has 17 heavy (non-hydrogen) atoms. The predicted octanol–water partition coefficient (Wildman–Crippen LogP) is 2.36. The summed E-state index contributed by atoms with van der Waals surface area (Å²) >= 11 is 6.10. The Hall–Kier alpha value is -0.770. The average Bonchev–Trinajstić information content (AvgIpc) is 2.32. The lowest BCUT2D eigenvalue weighted by molar-refractivity contribution is 0.414. The van der Waals surface area contributed by atoms with Gasteiger partial charge in [-0.3, -0.25) is 0 Å². The molecule has 3 nitrogen and oxygen atoms in total. The van der Waals surface area contributed by atoms with Crippen LogP contribution in [0, 0.1) is 6.92 Å². The molecule has 0 saturated carbocycles. The Balaban J connectivity index is 2.51. The first-order valence-electron chi connectivity index (χ1n) is 5.93. The van der Waals surface area contributed by atoms with Crippen molar-refractivity contribution < 1.29 is 4.74 Å². The summed E-state index contributed by atoms with van der Waals surface area (Å²) in [4.78, 5) is 0. The molecule has 0 spiro atoms. The summed E-state index contributed by atoms with van der Waals surface area (Å²) in [7, 11) is 1.63. The van der Waals surface area contributed by atoms with E-state index in [4.69, 9.17) is 16.3 Å². The second-order valence-electron chi connectivity index (χ2n) is 3.94. The van der Waals surface area contributed by atoms with E-state index < -0.39 is 0 Å². The molecule has 0 radical (unpaired) electrons. The molecule has 1 aromatic rings. The van der Waals surface area contributed by atoms with Crippen LogP contribution >= 0.6 is 11.6 Å². The van der Waals surface area contributed by atoms with Crippen molar-refractivity contribution in [3.63, 3.8) is 0 Å². The van der Waals surface area contributed by atoms with Gasteiger partial charge in [0.05, 0.1) is 12.1 Å². The van der Waals surface area contributed by atoms with Crippen molar-refractivity contribution in [1.82, 2.24) is 10.6 Å². The first-order chi connectivity index (χ1) is 8.19. The summed E-state index contributed by atoms with van der Waals surface area (Å²) in [6, 6.07) is 3.94. The summed E-state index contributed by atoms with van der Waals surface area (Å²) < 4.78 is 5.18. The fraction of sp³-hybridized carbons (Fsp3) is 0.538. The molecular formula is C13H21ClN2O. The van der Waals surface area contributed by atoms with Crippen molar-refractivity contribution in [2.75, 3.05) is 26.7 Å². The molecule has 1 aromatic carbocycles. The zero-order valence-corrected chi connectivity index (χ0v) is 11.5. The van der Waals surface area contributed by atoms with Crippen LogP contribution in [0.4, 0.5) is 0 Å². The van der Waals surface area contributed by atoms with E-state index in [0.717, 1.165) is 31.9 Å². The van der Waals surface area contributed by atoms with E-state index in [2.05, 4.69) is 24.5 Å². The molecule has 2 N–H and O–H groups in total. The monoisotopic (exact) mass is 256 g/mol. The maximum atomic E-state index is 6.10. The third-order valence-electron chi connectivity index (χ3n) is 2.65. The smallest absolute Gasteiger partial charge is 0.137 e. The number of hydrogen-bond acceptors (Lipinski definition) is 3. The molecule has 0 fully saturated rings. The van der Waals surface area contributed by atoms with Gasteiger partial charge in [0.1, 0.15) is 5.75 Å². The number of aryl methyl sites for hydroxylation is 1. The fourth-order valence-corrected chi connectivity index (χ4v) is 1.88. The Labute approximate surface area is 109 Å². The van der Waals surface area contributed by atoms with Gasteiger partial charge >= 0.3 is 0 Å². The topological polar surface area (TPSA) is 33.3 Å². The van der Waals surface area contributed by atoms with Crippen molar-refractivity contribution in [1.29, 1.82) is 0 Å². The predicted molar refractivity (Wildman–Crippen MR) is 73.0 cm³/mol. The number of hydrogen-bond donors (Lipinski definition) is 2. The minimum absolute atomic E-state index is 0.668. The van der Waals surface area contributed by atoms with E-state index in [9.17, 15) is 0 Å². The molecule has 0 aliphatic heterocycles. The molecular weight excluding hydrogens is 236 g/mol. The van der Waals surface area contributed by atoms with Gasteiger partial charge in [0.2, 0.25) is 0 Å². The first kappa shape index (κ1) is 14.3. The quantitative estimate of drug-likeness (QED) is 0.735. The highest BCUT2D eigenvalue weighted by Gasteiger charge is 2.05. The second-order valence-corrected chi connectivity index (χ2v) is 4.35. The van der Waals surface area contributed by atoms with Gasteiger partial charge in [-0.15, -0.1) is 0 Å². The van der Waals surface area contributed by atoms with Crippen LogP contribution in [0.3, 0.4) is 0 Å². The number of ether oxygens (including phenoxy) is 1. The van der Waals surface area contributed by atoms with Crippen molar-refractivity contribution in [2.24, 2.45) is 0 Å². The fourth-order valence-electron chi connectivity index (χ4n) is 1.62. The minimum Gasteiger partial charge on any atom is -0.495 e. The molecule has 0 bridgehead atoms. The van der Waals surface area contributed by atoms with Crippen LogP contribution in [-0.2, 0) is 6.54 Å². The maximum absolute atomic E-state index is 6.10. The molecule has 1 rings (SSSR count). The van der Waals surface area contributed by atoms with E-state index in [0.29, 0.717) is 5.02 Å². The second kappa shape index (κ2) is 7.54. The van der Waals surface area contributed by atoms with Crippen LogP contribution in [0.5, 0.6) is 5.75 Å². The molecule has 0 saturated heterocycles. The number of halogens is 1. The minimum atomic E-state index is 0.668. The number of methoxy groups -OCH3 is 1. The van der Waals surface area contributed by atoms with Gasteiger partial charge in [0.25, 0.3) is 0 Å². The van der Waals surface area contributed by atoms with E-state index in [1.54, 1.807) is 7.11 Å². The molecule has 4 heteroatoms. The van der Waals surface area contributed by atoms with E-state index in [1.165, 1.54) is 11.1 Å². The van der Waals surface area contributed by atoms with Crippen molar-refractivity contribution in [3.8, 4) is 5.75 Å². The first-order valence-corrected chi connectivity index (χ1v) is 6.31. The van der Waals surface area contributed by atoms with Crippen LogP contribution in [0.2, 0.25) is 5.02 Å². The Bertz CT molecular complexity index is 356. The summed E-state index contributed by atoms with van der Waals surface area (Å²) in [6.07, 6.45) is 0. The highest BCUT2D eigenvalue weighted by Crippen LogP contribution is 2.27. The van der Waals surface area contributed by atoms with E-state index in [1.807, 2.05) is 12.1 Å². The van der Waals surface area contributed by atoms with Crippen LogP contribution in [-0.4, -0.2) is 26.7 Å². The molecule has 0 aromatic heterocycles. The number of benzene rings is 1. The van der Waals surface area contributed by atoms with Gasteiger partial charge < -0.3 is 15.4 Å². The lowest BCUT2D eigenvalue weighted by Crippen LogP contribution is -2.26. The summed E-state index contributed by atoms with van der Waals surface area (Å²) in [5.41, 5.74) is 2.41. The molecule has 0 heterocycles. The third-order valence-corrected chi connectivity index (χ3v) is 2.95. The highest BCUT2D eigenvalue weighted by molar-refractivity contribution is 6.32. The largest absolute Gasteiger partial charge is 0.495 e. The summed E-state index contributed by atoms with van der Waals surface area (Å²) in [5.74, 6) is 0.737. The standard InChI is InChI=1S/C13H21ClN2O/c1-4-15-5-6-16-9-11-8-12(14)13(17-3)7-10(11)2/h7-8,15-16H,4-6,9H2,1-3H3. The Morgan fingerprint density at radius 2 is 1.94 bits per heavy atom. The van der Waals surface area contributed by atoms with Gasteiger partial charge in [-0.1, -0.05) is 18.5 Å². The van der Waals surface area contributed by atoms with Crippen LogP contribution in [0.1, 0.15) is 18.1 Å². The zero-order chi connectivity index (χ0) is 12.7. The Morgan fingerprint density at radius 1 is 1.24 bits per heavy atom. The normalized spacial score (nSPS) is 10.6. The zero-order valence-electron chi connectivity index (χ0n) is 10.8. The highest BCUT2D eigenvalue weighted by atomic mass is 35.5. The Morgan fingerprint density at radius 3 is 2.59 bits per heavy atom. The third kappa shape index (κ3) is 4.54. The summed E-state index contributed by atoms with van der Waals surface area (Å²) in [5, 5.41) is 7.32. The average molecular weight is 257 g/mol. The van der Waals surface area contributed by atoms with Crippen LogP contribution in [0.25, 0.3) is 0 Å². The van der Waals surface area contributed by atoms with Gasteiger partial charge in [0.15, 0.2) is 0 Å². The Kier molecular flexibility index (Phi) is 6.34. The molecule has 96 valence electrons. The number of nitrogens with one attached hydrogen (secondary N) is 2. The molecule has 0 unspecified atom stereocenters. The van der Waals surface area contributed by atoms with E-state index in [-0.39, 0.29) is 0 Å². The number of likely N-dealkylation sites (N-methyl/N-ethyl adjacent to an activating group) is 1. The van der Waals surface area contributed by atoms with Gasteiger partial charge in [-0.25, -0.2) is 0 Å². The molecule has 0 amide bonds. The van der Waals surface area contributed by atoms with Gasteiger partial charge in [-0.2, -0.15) is 0 Å². The maximum Gasteiger partial charge on any atom is 0.137 e. The number of rotatable bonds is 7. The lowest BCUT2D eigenvalue weighted by atomic mass is 10.1. The van der Waals surface area contributed by atoms with Crippen molar-refractivity contribution in [3.05, 3.63) is 28.3 Å². The van der Waals surface area contributed by atoms with Crippen LogP contribution in [0.15, 0.2) is 12.1 Å². The van der Waals surface area contributed by atoms with Gasteiger partial charge in [0, 0.05) is 19.6 Å². The van der Waals surface area contributed by atoms with E-state index >= 15 is 0 Å². The summed E-state index contributed by atoms with van der Waals surface area (Å²) in [6.45, 7) is 7.96. The lowest BCUT2D eigenvalue weighted by Gasteiger charge is -2.11. The van der Waals surface area contributed by atoms with Crippen molar-refractivity contribution in [2.45, 2.75) is 20.4 Å². The van der Waals surface area contributed by atoms with Crippen LogP contribution < -0.4 is 15.4 Å².